The van der Waals surface area contributed by atoms with Crippen LogP contribution in [0.25, 0.3) is 0 Å². The number of carbonyl (C=O) groups is 3. The van der Waals surface area contributed by atoms with Crippen molar-refractivity contribution in [3.63, 3.8) is 0 Å². The molecule has 2 aromatic carbocycles. The van der Waals surface area contributed by atoms with Gasteiger partial charge in [-0.3, -0.25) is 14.4 Å². The molecule has 0 bridgehead atoms. The highest BCUT2D eigenvalue weighted by Crippen LogP contribution is 2.20. The molecule has 1 aliphatic heterocycles. The molecule has 2 amide bonds. The molecule has 0 aliphatic carbocycles. The third-order valence-corrected chi connectivity index (χ3v) is 7.11. The second kappa shape index (κ2) is 11.9. The highest BCUT2D eigenvalue weighted by molar-refractivity contribution is 6.34. The Balaban J connectivity index is 1.35. The number of halogens is 1. The molecule has 0 atom stereocenters. The van der Waals surface area contributed by atoms with Gasteiger partial charge in [0.1, 0.15) is 5.69 Å². The van der Waals surface area contributed by atoms with Crippen LogP contribution in [-0.2, 0) is 6.42 Å². The van der Waals surface area contributed by atoms with E-state index in [0.29, 0.717) is 16.3 Å². The van der Waals surface area contributed by atoms with Gasteiger partial charge in [0.2, 0.25) is 0 Å². The summed E-state index contributed by atoms with van der Waals surface area (Å²) in [6, 6.07) is 13.9. The summed E-state index contributed by atoms with van der Waals surface area (Å²) >= 11 is 6.13. The number of likely N-dealkylation sites (tertiary alicyclic amines) is 1. The molecule has 3 N–H and O–H groups in total. The molecule has 200 valence electrons. The van der Waals surface area contributed by atoms with Crippen LogP contribution in [0.15, 0.2) is 54.9 Å². The number of benzene rings is 2. The number of imidazole rings is 1. The summed E-state index contributed by atoms with van der Waals surface area (Å²) in [6.07, 6.45) is 3.85. The number of nitrogens with one attached hydrogen (secondary N) is 3. The van der Waals surface area contributed by atoms with Gasteiger partial charge in [0.25, 0.3) is 11.8 Å². The van der Waals surface area contributed by atoms with Gasteiger partial charge >= 0.3 is 0 Å². The van der Waals surface area contributed by atoms with Crippen molar-refractivity contribution >= 4 is 34.9 Å². The Morgan fingerprint density at radius 2 is 1.74 bits per heavy atom. The van der Waals surface area contributed by atoms with E-state index in [1.165, 1.54) is 6.33 Å². The topological polar surface area (TPSA) is 107 Å². The Morgan fingerprint density at radius 1 is 1.05 bits per heavy atom. The average molecular weight is 536 g/mol. The molecule has 1 aliphatic rings. The van der Waals surface area contributed by atoms with Crippen molar-refractivity contribution in [1.82, 2.24) is 20.2 Å². The summed E-state index contributed by atoms with van der Waals surface area (Å²) in [6.45, 7) is 9.00. The molecule has 4 rings (SSSR count). The molecule has 38 heavy (non-hydrogen) atoms. The van der Waals surface area contributed by atoms with Gasteiger partial charge in [0.15, 0.2) is 11.5 Å². The zero-order valence-corrected chi connectivity index (χ0v) is 22.8. The number of rotatable bonds is 9. The first-order valence-electron chi connectivity index (χ1n) is 12.9. The van der Waals surface area contributed by atoms with Crippen LogP contribution in [-0.4, -0.2) is 57.6 Å². The number of nitrogens with zero attached hydrogens (tertiary/aromatic N) is 2. The Labute approximate surface area is 228 Å². The Bertz CT molecular complexity index is 1290. The van der Waals surface area contributed by atoms with Gasteiger partial charge in [-0.1, -0.05) is 42.8 Å². The van der Waals surface area contributed by atoms with Gasteiger partial charge in [-0.05, 0) is 75.5 Å². The zero-order valence-electron chi connectivity index (χ0n) is 22.0. The van der Waals surface area contributed by atoms with Crippen molar-refractivity contribution in [2.24, 2.45) is 5.92 Å². The van der Waals surface area contributed by atoms with Crippen LogP contribution in [0.1, 0.15) is 70.5 Å². The van der Waals surface area contributed by atoms with Gasteiger partial charge in [-0.25, -0.2) is 4.98 Å². The highest BCUT2D eigenvalue weighted by Gasteiger charge is 2.29. The van der Waals surface area contributed by atoms with Crippen molar-refractivity contribution < 1.29 is 14.4 Å². The van der Waals surface area contributed by atoms with E-state index in [1.807, 2.05) is 13.8 Å². The van der Waals surface area contributed by atoms with E-state index < -0.39 is 11.4 Å². The average Bonchev–Trinajstić information content (AvgIpc) is 3.37. The number of carbonyl (C=O) groups excluding carboxylic acids is 3. The lowest BCUT2D eigenvalue weighted by atomic mass is 9.96. The first-order valence-corrected chi connectivity index (χ1v) is 13.3. The quantitative estimate of drug-likeness (QED) is 0.335. The number of ketones is 1. The fourth-order valence-corrected chi connectivity index (χ4v) is 4.93. The number of hydrogen-bond donors (Lipinski definition) is 3. The smallest absolute Gasteiger partial charge is 0.276 e. The molecular formula is C29H34ClN5O3. The van der Waals surface area contributed by atoms with Crippen LogP contribution in [0.5, 0.6) is 0 Å². The lowest BCUT2D eigenvalue weighted by molar-refractivity contribution is 0.0855. The van der Waals surface area contributed by atoms with Crippen LogP contribution in [0.3, 0.4) is 0 Å². The first-order chi connectivity index (χ1) is 18.1. The van der Waals surface area contributed by atoms with E-state index in [0.717, 1.165) is 44.0 Å². The van der Waals surface area contributed by atoms with Crippen molar-refractivity contribution in [1.29, 1.82) is 0 Å². The summed E-state index contributed by atoms with van der Waals surface area (Å²) < 4.78 is 0. The number of anilines is 1. The maximum Gasteiger partial charge on any atom is 0.276 e. The normalized spacial score (nSPS) is 14.7. The molecule has 0 spiro atoms. The first kappa shape index (κ1) is 27.5. The summed E-state index contributed by atoms with van der Waals surface area (Å²) in [7, 11) is 0. The van der Waals surface area contributed by atoms with E-state index in [4.69, 9.17) is 11.6 Å². The van der Waals surface area contributed by atoms with Crippen LogP contribution >= 0.6 is 11.6 Å². The maximum atomic E-state index is 13.1. The Hall–Kier alpha value is -3.49. The highest BCUT2D eigenvalue weighted by atomic mass is 35.5. The van der Waals surface area contributed by atoms with E-state index in [-0.39, 0.29) is 29.5 Å². The number of hydrogen-bond acceptors (Lipinski definition) is 5. The molecule has 1 aromatic heterocycles. The van der Waals surface area contributed by atoms with Crippen LogP contribution in [0.2, 0.25) is 5.02 Å². The van der Waals surface area contributed by atoms with Crippen LogP contribution in [0.4, 0.5) is 5.69 Å². The number of aromatic nitrogens is 2. The van der Waals surface area contributed by atoms with Crippen molar-refractivity contribution in [3.8, 4) is 0 Å². The summed E-state index contributed by atoms with van der Waals surface area (Å²) in [5, 5.41) is 6.25. The third-order valence-electron chi connectivity index (χ3n) is 6.78. The van der Waals surface area contributed by atoms with E-state index >= 15 is 0 Å². The fourth-order valence-electron chi connectivity index (χ4n) is 4.69. The van der Waals surface area contributed by atoms with Crippen molar-refractivity contribution in [2.45, 2.75) is 45.6 Å². The zero-order chi connectivity index (χ0) is 27.3. The number of H-pyrrole nitrogens is 1. The minimum Gasteiger partial charge on any atom is -0.345 e. The van der Waals surface area contributed by atoms with Crippen molar-refractivity contribution in [2.75, 3.05) is 25.0 Å². The summed E-state index contributed by atoms with van der Waals surface area (Å²) in [5.74, 6) is -0.227. The molecule has 1 fully saturated rings. The largest absolute Gasteiger partial charge is 0.345 e. The minimum absolute atomic E-state index is 0.0167. The van der Waals surface area contributed by atoms with Crippen LogP contribution < -0.4 is 10.6 Å². The lowest BCUT2D eigenvalue weighted by Gasteiger charge is -2.37. The number of amides is 2. The molecular weight excluding hydrogens is 502 g/mol. The molecule has 8 nitrogen and oxygen atoms in total. The molecule has 3 aromatic rings. The SMILES string of the molecule is CC1CCN(CC(C)(C)NC(=O)c2[nH]cnc2C(=O)Nc2ccc(CC(=O)c3ccccc3Cl)cc2)CC1. The third kappa shape index (κ3) is 7.08. The monoisotopic (exact) mass is 535 g/mol. The van der Waals surface area contributed by atoms with E-state index in [2.05, 4.69) is 32.4 Å². The van der Waals surface area contributed by atoms with Gasteiger partial charge in [0.05, 0.1) is 11.3 Å². The predicted molar refractivity (Wildman–Crippen MR) is 149 cm³/mol. The number of piperidine rings is 1. The Kier molecular flexibility index (Phi) is 8.64. The second-order valence-electron chi connectivity index (χ2n) is 10.7. The predicted octanol–water partition coefficient (Wildman–Crippen LogP) is 4.98. The van der Waals surface area contributed by atoms with Crippen LogP contribution in [0, 0.1) is 5.92 Å². The molecule has 0 saturated carbocycles. The lowest BCUT2D eigenvalue weighted by Crippen LogP contribution is -2.53. The maximum absolute atomic E-state index is 13.1. The fraction of sp³-hybridized carbons (Fsp3) is 0.379. The second-order valence-corrected chi connectivity index (χ2v) is 11.1. The molecule has 1 saturated heterocycles. The summed E-state index contributed by atoms with van der Waals surface area (Å²) in [5.41, 5.74) is 1.45. The van der Waals surface area contributed by atoms with Gasteiger partial charge < -0.3 is 20.5 Å². The molecule has 2 heterocycles. The van der Waals surface area contributed by atoms with Gasteiger partial charge in [-0.2, -0.15) is 0 Å². The summed E-state index contributed by atoms with van der Waals surface area (Å²) in [4.78, 5) is 47.8. The molecule has 9 heteroatoms. The molecule has 0 radical (unpaired) electrons. The number of aromatic amines is 1. The van der Waals surface area contributed by atoms with Gasteiger partial charge in [-0.15, -0.1) is 0 Å². The Morgan fingerprint density at radius 3 is 2.42 bits per heavy atom. The van der Waals surface area contributed by atoms with E-state index in [9.17, 15) is 14.4 Å². The minimum atomic E-state index is -0.501. The molecule has 0 unspecified atom stereocenters. The van der Waals surface area contributed by atoms with E-state index in [1.54, 1.807) is 48.5 Å². The number of Topliss-reactive ketones (excluding diaryl/α,β-unsaturated/α-hetero) is 1. The van der Waals surface area contributed by atoms with Crippen molar-refractivity contribution in [3.05, 3.63) is 82.4 Å². The van der Waals surface area contributed by atoms with Gasteiger partial charge in [0, 0.05) is 29.8 Å². The standard InChI is InChI=1S/C29H34ClN5O3/c1-19-12-14-35(15-13-19)17-29(2,3)34-28(38)26-25(31-18-32-26)27(37)33-21-10-8-20(9-11-21)16-24(36)22-6-4-5-7-23(22)30/h4-11,18-19H,12-17H2,1-3H3,(H,31,32)(H,33,37)(H,34,38).